The molecule has 0 aromatic heterocycles. The summed E-state index contributed by atoms with van der Waals surface area (Å²) in [5.74, 6) is 1.08. The van der Waals surface area contributed by atoms with E-state index in [0.717, 1.165) is 0 Å². The molecule has 1 atom stereocenters. The number of hydrogen-bond acceptors (Lipinski definition) is 6. The van der Waals surface area contributed by atoms with Crippen molar-refractivity contribution in [3.63, 3.8) is 0 Å². The number of hydrogen-bond donors (Lipinski definition) is 1. The lowest BCUT2D eigenvalue weighted by molar-refractivity contribution is 0.0789. The van der Waals surface area contributed by atoms with Crippen molar-refractivity contribution in [3.8, 4) is 17.2 Å². The van der Waals surface area contributed by atoms with Crippen LogP contribution in [0, 0.1) is 0 Å². The van der Waals surface area contributed by atoms with Gasteiger partial charge >= 0.3 is 0 Å². The number of carbonyl (C=O) groups is 1. The third-order valence-corrected chi connectivity index (χ3v) is 6.88. The number of carbonyl (C=O) groups excluding carboxylic acids is 1. The van der Waals surface area contributed by atoms with Crippen LogP contribution < -0.4 is 19.5 Å². The van der Waals surface area contributed by atoms with E-state index in [1.54, 1.807) is 19.9 Å². The molecular weight excluding hydrogens is 408 g/mol. The highest BCUT2D eigenvalue weighted by Gasteiger charge is 2.27. The number of rotatable bonds is 8. The molecule has 0 aliphatic carbocycles. The number of methoxy groups -OCH3 is 1. The molecule has 1 heterocycles. The van der Waals surface area contributed by atoms with Crippen LogP contribution in [-0.4, -0.2) is 58.1 Å². The summed E-state index contributed by atoms with van der Waals surface area (Å²) in [5.41, 5.74) is 0.221. The van der Waals surface area contributed by atoms with E-state index in [9.17, 15) is 13.2 Å². The van der Waals surface area contributed by atoms with Gasteiger partial charge in [0.1, 0.15) is 23.4 Å². The normalized spacial score (nSPS) is 15.7. The number of ether oxygens (including phenoxy) is 3. The van der Waals surface area contributed by atoms with E-state index < -0.39 is 15.9 Å². The maximum atomic E-state index is 12.9. The van der Waals surface area contributed by atoms with Crippen LogP contribution in [0.5, 0.6) is 17.2 Å². The Kier molecular flexibility index (Phi) is 6.84. The second-order valence-corrected chi connectivity index (χ2v) is 8.57. The van der Waals surface area contributed by atoms with Crippen LogP contribution in [0.4, 0.5) is 0 Å². The van der Waals surface area contributed by atoms with Crippen molar-refractivity contribution in [3.05, 3.63) is 48.0 Å². The van der Waals surface area contributed by atoms with E-state index in [-0.39, 0.29) is 28.9 Å². The Morgan fingerprint density at radius 2 is 1.87 bits per heavy atom. The van der Waals surface area contributed by atoms with Crippen molar-refractivity contribution in [2.24, 2.45) is 0 Å². The Hall–Kier alpha value is -2.78. The van der Waals surface area contributed by atoms with Crippen molar-refractivity contribution in [1.29, 1.82) is 0 Å². The molecule has 1 aliphatic heterocycles. The van der Waals surface area contributed by atoms with Crippen LogP contribution in [0.3, 0.4) is 0 Å². The molecule has 1 N–H and O–H groups in total. The molecule has 162 valence electrons. The SMILES string of the molecule is CCN(CC)S(=O)(=O)c1cc(C(=O)NCC2COc3ccccc3O2)ccc1OC. The van der Waals surface area contributed by atoms with E-state index in [2.05, 4.69) is 5.32 Å². The highest BCUT2D eigenvalue weighted by atomic mass is 32.2. The Labute approximate surface area is 176 Å². The molecule has 1 aliphatic rings. The summed E-state index contributed by atoms with van der Waals surface area (Å²) in [6.45, 7) is 4.68. The Morgan fingerprint density at radius 1 is 1.17 bits per heavy atom. The van der Waals surface area contributed by atoms with Gasteiger partial charge in [-0.3, -0.25) is 4.79 Å². The maximum Gasteiger partial charge on any atom is 0.251 e. The Balaban J connectivity index is 1.74. The van der Waals surface area contributed by atoms with Gasteiger partial charge in [0.25, 0.3) is 5.91 Å². The summed E-state index contributed by atoms with van der Waals surface area (Å²) >= 11 is 0. The van der Waals surface area contributed by atoms with Crippen molar-refractivity contribution in [1.82, 2.24) is 9.62 Å². The Bertz CT molecular complexity index is 1000. The zero-order valence-corrected chi connectivity index (χ0v) is 18.1. The van der Waals surface area contributed by atoms with Gasteiger partial charge < -0.3 is 19.5 Å². The van der Waals surface area contributed by atoms with Crippen LogP contribution in [0.15, 0.2) is 47.4 Å². The van der Waals surface area contributed by atoms with Crippen molar-refractivity contribution < 1.29 is 27.4 Å². The van der Waals surface area contributed by atoms with Crippen molar-refractivity contribution >= 4 is 15.9 Å². The average Bonchev–Trinajstić information content (AvgIpc) is 2.77. The first-order valence-electron chi connectivity index (χ1n) is 9.75. The molecule has 2 aromatic rings. The van der Waals surface area contributed by atoms with E-state index in [4.69, 9.17) is 14.2 Å². The molecule has 1 unspecified atom stereocenters. The van der Waals surface area contributed by atoms with Gasteiger partial charge in [-0.25, -0.2) is 8.42 Å². The molecule has 3 rings (SSSR count). The molecule has 0 fully saturated rings. The minimum Gasteiger partial charge on any atom is -0.495 e. The lowest BCUT2D eigenvalue weighted by Crippen LogP contribution is -2.40. The van der Waals surface area contributed by atoms with E-state index in [1.807, 2.05) is 18.2 Å². The van der Waals surface area contributed by atoms with Gasteiger partial charge in [-0.15, -0.1) is 0 Å². The lowest BCUT2D eigenvalue weighted by Gasteiger charge is -2.26. The highest BCUT2D eigenvalue weighted by molar-refractivity contribution is 7.89. The second-order valence-electron chi connectivity index (χ2n) is 6.66. The summed E-state index contributed by atoms with van der Waals surface area (Å²) in [4.78, 5) is 12.6. The summed E-state index contributed by atoms with van der Waals surface area (Å²) in [6.07, 6.45) is -0.346. The first-order valence-corrected chi connectivity index (χ1v) is 11.2. The minimum atomic E-state index is -3.79. The molecule has 2 aromatic carbocycles. The van der Waals surface area contributed by atoms with Gasteiger partial charge in [0.2, 0.25) is 10.0 Å². The summed E-state index contributed by atoms with van der Waals surface area (Å²) in [7, 11) is -2.39. The molecular formula is C21H26N2O6S. The molecule has 0 bridgehead atoms. The number of nitrogens with one attached hydrogen (secondary N) is 1. The average molecular weight is 435 g/mol. The van der Waals surface area contributed by atoms with Crippen molar-refractivity contribution in [2.45, 2.75) is 24.8 Å². The highest BCUT2D eigenvalue weighted by Crippen LogP contribution is 2.31. The maximum absolute atomic E-state index is 12.9. The molecule has 1 amide bonds. The number of sulfonamides is 1. The van der Waals surface area contributed by atoms with Crippen LogP contribution in [-0.2, 0) is 10.0 Å². The van der Waals surface area contributed by atoms with Gasteiger partial charge in [0.05, 0.1) is 13.7 Å². The van der Waals surface area contributed by atoms with Crippen LogP contribution in [0.25, 0.3) is 0 Å². The molecule has 8 nitrogen and oxygen atoms in total. The fraction of sp³-hybridized carbons (Fsp3) is 0.381. The zero-order chi connectivity index (χ0) is 21.7. The minimum absolute atomic E-state index is 0.0347. The topological polar surface area (TPSA) is 94.2 Å². The number of nitrogens with zero attached hydrogens (tertiary/aromatic N) is 1. The number of para-hydroxylation sites is 2. The van der Waals surface area contributed by atoms with Gasteiger partial charge in [-0.05, 0) is 30.3 Å². The van der Waals surface area contributed by atoms with Crippen LogP contribution in [0.2, 0.25) is 0 Å². The Morgan fingerprint density at radius 3 is 2.53 bits per heavy atom. The number of benzene rings is 2. The second kappa shape index (κ2) is 9.36. The van der Waals surface area contributed by atoms with E-state index in [0.29, 0.717) is 31.2 Å². The molecule has 0 saturated carbocycles. The third kappa shape index (κ3) is 4.52. The van der Waals surface area contributed by atoms with E-state index >= 15 is 0 Å². The quantitative estimate of drug-likeness (QED) is 0.685. The molecule has 30 heavy (non-hydrogen) atoms. The predicted molar refractivity (Wildman–Crippen MR) is 112 cm³/mol. The van der Waals surface area contributed by atoms with Crippen LogP contribution >= 0.6 is 0 Å². The molecule has 0 saturated heterocycles. The first kappa shape index (κ1) is 21.9. The molecule has 0 radical (unpaired) electrons. The third-order valence-electron chi connectivity index (χ3n) is 4.81. The summed E-state index contributed by atoms with van der Waals surface area (Å²) < 4.78 is 43.9. The molecule has 0 spiro atoms. The zero-order valence-electron chi connectivity index (χ0n) is 17.3. The van der Waals surface area contributed by atoms with Gasteiger partial charge in [0, 0.05) is 18.7 Å². The summed E-state index contributed by atoms with van der Waals surface area (Å²) in [5, 5.41) is 2.78. The molecule has 9 heteroatoms. The monoisotopic (exact) mass is 434 g/mol. The largest absolute Gasteiger partial charge is 0.495 e. The lowest BCUT2D eigenvalue weighted by atomic mass is 10.2. The number of fused-ring (bicyclic) bond motifs is 1. The van der Waals surface area contributed by atoms with Gasteiger partial charge in [-0.1, -0.05) is 26.0 Å². The predicted octanol–water partition coefficient (Wildman–Crippen LogP) is 2.30. The van der Waals surface area contributed by atoms with E-state index in [1.165, 1.54) is 29.6 Å². The summed E-state index contributed by atoms with van der Waals surface area (Å²) in [6, 6.07) is 11.7. The number of amides is 1. The smallest absolute Gasteiger partial charge is 0.251 e. The van der Waals surface area contributed by atoms with Crippen molar-refractivity contribution in [2.75, 3.05) is 33.4 Å². The fourth-order valence-corrected chi connectivity index (χ4v) is 4.83. The first-order chi connectivity index (χ1) is 14.4. The fourth-order valence-electron chi connectivity index (χ4n) is 3.19. The van der Waals surface area contributed by atoms with Crippen LogP contribution in [0.1, 0.15) is 24.2 Å². The standard InChI is InChI=1S/C21H26N2O6S/c1-4-23(5-2)30(25,26)20-12-15(10-11-19(20)27-3)21(24)22-13-16-14-28-17-8-6-7-9-18(17)29-16/h6-12,16H,4-5,13-14H2,1-3H3,(H,22,24). The van der Waals surface area contributed by atoms with Gasteiger partial charge in [-0.2, -0.15) is 4.31 Å². The van der Waals surface area contributed by atoms with Gasteiger partial charge in [0.15, 0.2) is 11.5 Å².